The molecule has 1 aliphatic carbocycles. The fourth-order valence-electron chi connectivity index (χ4n) is 2.30. The van der Waals surface area contributed by atoms with Crippen LogP contribution in [0.2, 0.25) is 0 Å². The maximum Gasteiger partial charge on any atom is 0.210 e. The molecule has 98 valence electrons. The van der Waals surface area contributed by atoms with E-state index >= 15 is 0 Å². The first kappa shape index (κ1) is 13.1. The zero-order valence-corrected chi connectivity index (χ0v) is 12.5. The predicted octanol–water partition coefficient (Wildman–Crippen LogP) is 3.04. The molecule has 2 N–H and O–H groups in total. The van der Waals surface area contributed by atoms with Crippen LogP contribution in [-0.2, 0) is 0 Å². The quantitative estimate of drug-likeness (QED) is 0.780. The number of carbonyl (C=O) groups excluding carboxylic acids is 2. The molecule has 3 rings (SSSR count). The van der Waals surface area contributed by atoms with Crippen molar-refractivity contribution < 1.29 is 9.59 Å². The largest absolute Gasteiger partial charge is 0.395 e. The average Bonchev–Trinajstić information content (AvgIpc) is 2.47. The van der Waals surface area contributed by atoms with Crippen molar-refractivity contribution in [3.8, 4) is 0 Å². The molecule has 4 heteroatoms. The number of fused-ring (bicyclic) bond motifs is 1. The molecule has 20 heavy (non-hydrogen) atoms. The number of carbonyl (C=O) groups is 2. The Labute approximate surface area is 129 Å². The van der Waals surface area contributed by atoms with E-state index in [1.165, 1.54) is 0 Å². The number of rotatable bonds is 1. The lowest BCUT2D eigenvalue weighted by molar-refractivity contribution is 0.0990. The van der Waals surface area contributed by atoms with E-state index in [1.807, 2.05) is 24.3 Å². The molecule has 0 atom stereocenters. The molecule has 0 fully saturated rings. The van der Waals surface area contributed by atoms with E-state index in [2.05, 4.69) is 22.6 Å². The van der Waals surface area contributed by atoms with Gasteiger partial charge in [-0.2, -0.15) is 0 Å². The molecule has 0 saturated heterocycles. The van der Waals surface area contributed by atoms with Gasteiger partial charge in [0.25, 0.3) is 0 Å². The van der Waals surface area contributed by atoms with Gasteiger partial charge in [0, 0.05) is 14.7 Å². The molecule has 1 aliphatic rings. The van der Waals surface area contributed by atoms with Crippen LogP contribution in [0.3, 0.4) is 0 Å². The highest BCUT2D eigenvalue weighted by Gasteiger charge is 2.31. The van der Waals surface area contributed by atoms with Crippen molar-refractivity contribution in [2.45, 2.75) is 0 Å². The van der Waals surface area contributed by atoms with Crippen LogP contribution in [0.5, 0.6) is 0 Å². The van der Waals surface area contributed by atoms with E-state index in [1.54, 1.807) is 24.3 Å². The summed E-state index contributed by atoms with van der Waals surface area (Å²) >= 11 is 2.18. The molecule has 0 saturated carbocycles. The first-order valence-electron chi connectivity index (χ1n) is 6.03. The second-order valence-corrected chi connectivity index (χ2v) is 5.75. The van der Waals surface area contributed by atoms with Crippen LogP contribution in [0.25, 0.3) is 5.57 Å². The van der Waals surface area contributed by atoms with Crippen molar-refractivity contribution in [2.24, 2.45) is 5.73 Å². The summed E-state index contributed by atoms with van der Waals surface area (Å²) in [4.78, 5) is 24.8. The predicted molar refractivity (Wildman–Crippen MR) is 85.4 cm³/mol. The van der Waals surface area contributed by atoms with Gasteiger partial charge in [0.05, 0.1) is 11.3 Å². The van der Waals surface area contributed by atoms with Crippen LogP contribution >= 0.6 is 22.6 Å². The van der Waals surface area contributed by atoms with Crippen molar-refractivity contribution in [2.75, 3.05) is 0 Å². The molecular formula is C16H10INO2. The van der Waals surface area contributed by atoms with E-state index in [9.17, 15) is 9.59 Å². The van der Waals surface area contributed by atoms with Crippen LogP contribution in [0, 0.1) is 3.57 Å². The molecule has 0 unspecified atom stereocenters. The van der Waals surface area contributed by atoms with E-state index in [4.69, 9.17) is 5.73 Å². The summed E-state index contributed by atoms with van der Waals surface area (Å²) < 4.78 is 1.06. The van der Waals surface area contributed by atoms with Gasteiger partial charge in [0.1, 0.15) is 0 Å². The van der Waals surface area contributed by atoms with Gasteiger partial charge >= 0.3 is 0 Å². The van der Waals surface area contributed by atoms with Crippen molar-refractivity contribution in [1.29, 1.82) is 0 Å². The second-order valence-electron chi connectivity index (χ2n) is 4.50. The number of nitrogens with two attached hydrogens (primary N) is 1. The van der Waals surface area contributed by atoms with Gasteiger partial charge in [-0.3, -0.25) is 9.59 Å². The van der Waals surface area contributed by atoms with Gasteiger partial charge < -0.3 is 5.73 Å². The Morgan fingerprint density at radius 2 is 1.35 bits per heavy atom. The SMILES string of the molecule is NC1=C(c2ccc(I)cc2)C(=O)c2ccccc2C1=O. The lowest BCUT2D eigenvalue weighted by Crippen LogP contribution is -2.25. The number of benzene rings is 2. The smallest absolute Gasteiger partial charge is 0.210 e. The fraction of sp³-hybridized carbons (Fsp3) is 0. The first-order valence-corrected chi connectivity index (χ1v) is 7.11. The number of Topliss-reactive ketones (excluding diaryl/α,β-unsaturated/α-hetero) is 2. The summed E-state index contributed by atoms with van der Waals surface area (Å²) in [6.45, 7) is 0. The fourth-order valence-corrected chi connectivity index (χ4v) is 2.66. The first-order chi connectivity index (χ1) is 9.59. The molecule has 0 spiro atoms. The Morgan fingerprint density at radius 1 is 0.800 bits per heavy atom. The minimum atomic E-state index is -0.284. The average molecular weight is 375 g/mol. The second kappa shape index (κ2) is 4.86. The highest BCUT2D eigenvalue weighted by atomic mass is 127. The normalized spacial score (nSPS) is 14.4. The van der Waals surface area contributed by atoms with Crippen LogP contribution in [0.1, 0.15) is 26.3 Å². The van der Waals surface area contributed by atoms with Gasteiger partial charge in [0.2, 0.25) is 5.78 Å². The van der Waals surface area contributed by atoms with Gasteiger partial charge in [-0.1, -0.05) is 36.4 Å². The maximum atomic E-state index is 12.6. The molecule has 0 amide bonds. The van der Waals surface area contributed by atoms with Crippen molar-refractivity contribution in [1.82, 2.24) is 0 Å². The number of hydrogen-bond donors (Lipinski definition) is 1. The molecule has 0 aromatic heterocycles. The summed E-state index contributed by atoms with van der Waals surface area (Å²) in [7, 11) is 0. The Bertz CT molecular complexity index is 760. The van der Waals surface area contributed by atoms with E-state index < -0.39 is 0 Å². The third-order valence-electron chi connectivity index (χ3n) is 3.29. The summed E-state index contributed by atoms with van der Waals surface area (Å²) in [6.07, 6.45) is 0. The van der Waals surface area contributed by atoms with Gasteiger partial charge in [-0.05, 0) is 40.3 Å². The Balaban J connectivity index is 2.21. The van der Waals surface area contributed by atoms with Crippen LogP contribution < -0.4 is 5.73 Å². The molecule has 0 radical (unpaired) electrons. The van der Waals surface area contributed by atoms with Crippen LogP contribution in [-0.4, -0.2) is 11.6 Å². The topological polar surface area (TPSA) is 60.2 Å². The molecule has 2 aromatic carbocycles. The minimum Gasteiger partial charge on any atom is -0.395 e. The Morgan fingerprint density at radius 3 is 1.95 bits per heavy atom. The molecule has 2 aromatic rings. The number of halogens is 1. The Hall–Kier alpha value is -1.95. The van der Waals surface area contributed by atoms with E-state index in [0.717, 1.165) is 3.57 Å². The van der Waals surface area contributed by atoms with Crippen molar-refractivity contribution in [3.63, 3.8) is 0 Å². The van der Waals surface area contributed by atoms with E-state index in [0.29, 0.717) is 22.3 Å². The van der Waals surface area contributed by atoms with Crippen molar-refractivity contribution >= 4 is 39.7 Å². The molecule has 0 heterocycles. The molecule has 3 nitrogen and oxygen atoms in total. The summed E-state index contributed by atoms with van der Waals surface area (Å²) in [5.74, 6) is -0.479. The summed E-state index contributed by atoms with van der Waals surface area (Å²) in [5, 5.41) is 0. The summed E-state index contributed by atoms with van der Waals surface area (Å²) in [5.41, 5.74) is 7.70. The lowest BCUT2D eigenvalue weighted by atomic mass is 9.84. The molecule has 0 aliphatic heterocycles. The lowest BCUT2D eigenvalue weighted by Gasteiger charge is -2.18. The Kier molecular flexibility index (Phi) is 3.17. The molecular weight excluding hydrogens is 365 g/mol. The highest BCUT2D eigenvalue weighted by molar-refractivity contribution is 14.1. The van der Waals surface area contributed by atoms with Gasteiger partial charge in [0.15, 0.2) is 5.78 Å². The van der Waals surface area contributed by atoms with Crippen molar-refractivity contribution in [3.05, 3.63) is 74.5 Å². The van der Waals surface area contributed by atoms with Gasteiger partial charge in [-0.15, -0.1) is 0 Å². The van der Waals surface area contributed by atoms with Crippen LogP contribution in [0.15, 0.2) is 54.2 Å². The summed E-state index contributed by atoms with van der Waals surface area (Å²) in [6, 6.07) is 14.2. The standard InChI is InChI=1S/C16H10INO2/c17-10-7-5-9(6-8-10)13-14(18)16(20)12-4-2-1-3-11(12)15(13)19/h1-8H,18H2. The van der Waals surface area contributed by atoms with Gasteiger partial charge in [-0.25, -0.2) is 0 Å². The minimum absolute atomic E-state index is 0.0231. The molecule has 0 bridgehead atoms. The maximum absolute atomic E-state index is 12.6. The monoisotopic (exact) mass is 375 g/mol. The zero-order valence-electron chi connectivity index (χ0n) is 10.4. The zero-order chi connectivity index (χ0) is 14.3. The third-order valence-corrected chi connectivity index (χ3v) is 4.01. The number of ketones is 2. The number of hydrogen-bond acceptors (Lipinski definition) is 3. The number of allylic oxidation sites excluding steroid dienone is 2. The van der Waals surface area contributed by atoms with Crippen LogP contribution in [0.4, 0.5) is 0 Å². The van der Waals surface area contributed by atoms with E-state index in [-0.39, 0.29) is 17.3 Å². The highest BCUT2D eigenvalue weighted by Crippen LogP contribution is 2.30. The third kappa shape index (κ3) is 1.96.